The van der Waals surface area contributed by atoms with Crippen LogP contribution in [0.15, 0.2) is 66.7 Å². The van der Waals surface area contributed by atoms with Gasteiger partial charge in [-0.15, -0.1) is 0 Å². The molecule has 2 saturated heterocycles. The summed E-state index contributed by atoms with van der Waals surface area (Å²) in [5.74, 6) is -1.25. The highest BCUT2D eigenvalue weighted by atomic mass is 28.4. The van der Waals surface area contributed by atoms with Crippen LogP contribution < -0.4 is 9.80 Å². The number of carbonyl (C=O) groups is 3. The first-order valence-corrected chi connectivity index (χ1v) is 20.7. The molecular weight excluding hydrogens is 669 g/mol. The fraction of sp³-hybridized carbons (Fsp3) is 0.447. The van der Waals surface area contributed by atoms with Gasteiger partial charge in [0, 0.05) is 54.4 Å². The molecule has 3 aromatic carbocycles. The summed E-state index contributed by atoms with van der Waals surface area (Å²) in [5.41, 5.74) is 1.95. The van der Waals surface area contributed by atoms with E-state index in [2.05, 4.69) is 0 Å². The Labute approximate surface area is 297 Å². The van der Waals surface area contributed by atoms with Crippen LogP contribution in [0, 0.1) is 16.0 Å². The number of benzene rings is 3. The molecule has 1 spiro atoms. The molecule has 0 saturated carbocycles. The molecule has 2 fully saturated rings. The lowest BCUT2D eigenvalue weighted by molar-refractivity contribution is -0.385. The summed E-state index contributed by atoms with van der Waals surface area (Å²) >= 11 is 0. The van der Waals surface area contributed by atoms with Crippen LogP contribution in [0.5, 0.6) is 0 Å². The summed E-state index contributed by atoms with van der Waals surface area (Å²) < 4.78 is 6.83. The third kappa shape index (κ3) is 6.05. The van der Waals surface area contributed by atoms with Crippen molar-refractivity contribution in [3.8, 4) is 0 Å². The molecule has 7 rings (SSSR count). The maximum atomic E-state index is 14.9. The summed E-state index contributed by atoms with van der Waals surface area (Å²) in [6.45, 7) is 6.21. The molecule has 5 atom stereocenters. The predicted molar refractivity (Wildman–Crippen MR) is 192 cm³/mol. The van der Waals surface area contributed by atoms with E-state index >= 15 is 0 Å². The Balaban J connectivity index is 1.24. The first-order valence-electron chi connectivity index (χ1n) is 17.7. The minimum atomic E-state index is -3.15. The van der Waals surface area contributed by atoms with Crippen molar-refractivity contribution in [2.45, 2.75) is 88.5 Å². The molecule has 0 unspecified atom stereocenters. The quantitative estimate of drug-likeness (QED) is 0.192. The molecule has 13 heteroatoms. The van der Waals surface area contributed by atoms with Crippen molar-refractivity contribution in [1.82, 2.24) is 4.90 Å². The van der Waals surface area contributed by atoms with E-state index in [4.69, 9.17) is 4.74 Å². The Morgan fingerprint density at radius 3 is 2.53 bits per heavy atom. The number of piperidine rings is 1. The first kappa shape index (κ1) is 35.0. The summed E-state index contributed by atoms with van der Waals surface area (Å²) in [6.07, 6.45) is 1.77. The Morgan fingerprint density at radius 2 is 1.82 bits per heavy atom. The highest BCUT2D eigenvalue weighted by Crippen LogP contribution is 2.60. The number of nitro benzene ring substituents is 1. The van der Waals surface area contributed by atoms with Gasteiger partial charge in [-0.25, -0.2) is 0 Å². The predicted octanol–water partition coefficient (Wildman–Crippen LogP) is 4.79. The average molecular weight is 713 g/mol. The van der Waals surface area contributed by atoms with Gasteiger partial charge in [0.1, 0.15) is 0 Å². The number of hydrogen-bond donors (Lipinski definition) is 2. The number of amides is 3. The molecule has 4 aliphatic rings. The van der Waals surface area contributed by atoms with Gasteiger partial charge in [-0.3, -0.25) is 24.5 Å². The van der Waals surface area contributed by atoms with Gasteiger partial charge < -0.3 is 29.3 Å². The van der Waals surface area contributed by atoms with Crippen LogP contribution in [-0.2, 0) is 44.2 Å². The molecule has 0 aromatic heterocycles. The zero-order valence-corrected chi connectivity index (χ0v) is 30.2. The third-order valence-electron chi connectivity index (χ3n) is 11.3. The fourth-order valence-corrected chi connectivity index (χ4v) is 11.5. The van der Waals surface area contributed by atoms with Crippen molar-refractivity contribution < 1.29 is 33.9 Å². The van der Waals surface area contributed by atoms with Crippen molar-refractivity contribution in [1.29, 1.82) is 0 Å². The monoisotopic (exact) mass is 712 g/mol. The summed E-state index contributed by atoms with van der Waals surface area (Å²) in [5, 5.41) is 22.3. The van der Waals surface area contributed by atoms with Crippen molar-refractivity contribution in [3.05, 3.63) is 99.1 Å². The Bertz CT molecular complexity index is 1900. The second-order valence-corrected chi connectivity index (χ2v) is 18.9. The lowest BCUT2D eigenvalue weighted by Gasteiger charge is -2.37. The number of nitrogens with zero attached hydrogens (tertiary/aromatic N) is 4. The molecule has 0 bridgehead atoms. The largest absolute Gasteiger partial charge is 0.432 e. The molecule has 0 radical (unpaired) electrons. The van der Waals surface area contributed by atoms with Crippen LogP contribution in [0.4, 0.5) is 17.1 Å². The summed E-state index contributed by atoms with van der Waals surface area (Å²) in [6, 6.07) is 19.2. The van der Waals surface area contributed by atoms with E-state index in [1.54, 1.807) is 33.9 Å². The maximum Gasteiger partial charge on any atom is 0.269 e. The number of aliphatic hydroxyl groups excluding tert-OH is 1. The van der Waals surface area contributed by atoms with E-state index in [9.17, 15) is 34.4 Å². The lowest BCUT2D eigenvalue weighted by Crippen LogP contribution is -2.48. The SMILES string of the molecule is C[C@H]1[C@H]([Si](C)(C)O)[C@@H](CC(=O)N2Cc3ccccc3C[C@H]2CO)O[C@]12C(=O)N(Cc1cccc(N3CCCCC3=O)c1)c1ccc([N+](=O)[O-])cc12. The average Bonchev–Trinajstić information content (AvgIpc) is 3.53. The van der Waals surface area contributed by atoms with Crippen LogP contribution in [0.2, 0.25) is 18.6 Å². The van der Waals surface area contributed by atoms with E-state index < -0.39 is 48.4 Å². The molecule has 2 N–H and O–H groups in total. The molecule has 3 aromatic rings. The molecule has 12 nitrogen and oxygen atoms in total. The van der Waals surface area contributed by atoms with Crippen molar-refractivity contribution >= 4 is 43.1 Å². The maximum absolute atomic E-state index is 14.9. The second-order valence-electron chi connectivity index (χ2n) is 14.9. The van der Waals surface area contributed by atoms with Crippen LogP contribution in [0.3, 0.4) is 0 Å². The Kier molecular flexibility index (Phi) is 9.11. The van der Waals surface area contributed by atoms with Crippen LogP contribution in [-0.4, -0.2) is 71.1 Å². The molecule has 268 valence electrons. The number of ether oxygens (including phenoxy) is 1. The first-order chi connectivity index (χ1) is 24.3. The van der Waals surface area contributed by atoms with Crippen molar-refractivity contribution in [3.63, 3.8) is 0 Å². The Morgan fingerprint density at radius 1 is 1.06 bits per heavy atom. The second kappa shape index (κ2) is 13.3. The minimum Gasteiger partial charge on any atom is -0.432 e. The topological polar surface area (TPSA) is 154 Å². The van der Waals surface area contributed by atoms with Gasteiger partial charge in [-0.2, -0.15) is 0 Å². The smallest absolute Gasteiger partial charge is 0.269 e. The normalized spacial score (nSPS) is 26.1. The lowest BCUT2D eigenvalue weighted by atomic mass is 9.82. The zero-order chi connectivity index (χ0) is 36.2. The van der Waals surface area contributed by atoms with Gasteiger partial charge in [-0.1, -0.05) is 43.3 Å². The molecule has 3 amide bonds. The molecule has 4 aliphatic heterocycles. The highest BCUT2D eigenvalue weighted by Gasteiger charge is 2.66. The highest BCUT2D eigenvalue weighted by molar-refractivity contribution is 6.71. The molecule has 0 aliphatic carbocycles. The number of nitro groups is 1. The standard InChI is InChI=1S/C38H44N4O8Si/c1-24-36(51(2,3)49)33(20-35(45)40-22-27-11-5-4-10-26(27)18-30(40)23-43)50-38(24)31-19-29(42(47)48)14-15-32(31)41(37(38)46)21-25-9-8-12-28(17-25)39-16-7-6-13-34(39)44/h4-5,8-12,14-15,17,19,24,30,33,36,43,49H,6-7,13,16,18,20-23H2,1-3H3/t24-,30-,33+,36-,38+/m0/s1. The van der Waals surface area contributed by atoms with Gasteiger partial charge in [0.05, 0.1) is 42.3 Å². The zero-order valence-electron chi connectivity index (χ0n) is 29.2. The number of hydrogen-bond acceptors (Lipinski definition) is 8. The van der Waals surface area contributed by atoms with E-state index in [0.29, 0.717) is 37.2 Å². The number of anilines is 2. The number of carbonyl (C=O) groups excluding carboxylic acids is 3. The van der Waals surface area contributed by atoms with E-state index in [1.165, 1.54) is 12.1 Å². The number of aliphatic hydroxyl groups is 1. The van der Waals surface area contributed by atoms with Crippen molar-refractivity contribution in [2.75, 3.05) is 23.0 Å². The Hall–Kier alpha value is -4.43. The van der Waals surface area contributed by atoms with Crippen LogP contribution in [0.25, 0.3) is 0 Å². The van der Waals surface area contributed by atoms with E-state index in [1.807, 2.05) is 55.5 Å². The number of fused-ring (bicyclic) bond motifs is 3. The van der Waals surface area contributed by atoms with Crippen molar-refractivity contribution in [2.24, 2.45) is 5.92 Å². The number of non-ortho nitro benzene ring substituents is 1. The fourth-order valence-electron chi connectivity index (χ4n) is 8.95. The third-order valence-corrected chi connectivity index (χ3v) is 13.8. The molecule has 51 heavy (non-hydrogen) atoms. The summed E-state index contributed by atoms with van der Waals surface area (Å²) in [4.78, 5) is 70.0. The molecular formula is C38H44N4O8Si. The van der Waals surface area contributed by atoms with Gasteiger partial charge in [0.2, 0.25) is 11.8 Å². The van der Waals surface area contributed by atoms with E-state index in [0.717, 1.165) is 35.2 Å². The van der Waals surface area contributed by atoms with Crippen LogP contribution in [0.1, 0.15) is 54.9 Å². The summed E-state index contributed by atoms with van der Waals surface area (Å²) in [7, 11) is -3.15. The van der Waals surface area contributed by atoms with Gasteiger partial charge in [0.25, 0.3) is 11.6 Å². The van der Waals surface area contributed by atoms with Gasteiger partial charge >= 0.3 is 0 Å². The number of rotatable bonds is 8. The van der Waals surface area contributed by atoms with Gasteiger partial charge in [0.15, 0.2) is 13.9 Å². The molecule has 4 heterocycles. The minimum absolute atomic E-state index is 0.0573. The van der Waals surface area contributed by atoms with Crippen LogP contribution >= 0.6 is 0 Å². The van der Waals surface area contributed by atoms with Gasteiger partial charge in [-0.05, 0) is 67.2 Å². The van der Waals surface area contributed by atoms with E-state index in [-0.39, 0.29) is 37.1 Å².